The molecule has 1 atom stereocenters. The summed E-state index contributed by atoms with van der Waals surface area (Å²) in [4.78, 5) is 7.58. The van der Waals surface area contributed by atoms with Gasteiger partial charge in [0.15, 0.2) is 0 Å². The third-order valence-corrected chi connectivity index (χ3v) is 5.88. The number of H-pyrrole nitrogens is 1. The van der Waals surface area contributed by atoms with E-state index in [1.807, 2.05) is 24.4 Å². The van der Waals surface area contributed by atoms with E-state index in [1.165, 1.54) is 11.8 Å². The van der Waals surface area contributed by atoms with Gasteiger partial charge in [0.05, 0.1) is 12.3 Å². The average molecular weight is 348 g/mol. The lowest BCUT2D eigenvalue weighted by molar-refractivity contribution is 0.265. The zero-order valence-electron chi connectivity index (χ0n) is 13.9. The number of hydrogen-bond donors (Lipinski definition) is 2. The van der Waals surface area contributed by atoms with Crippen molar-refractivity contribution in [2.24, 2.45) is 5.92 Å². The summed E-state index contributed by atoms with van der Waals surface area (Å²) in [5.74, 6) is 1.37. The first-order valence-electron chi connectivity index (χ1n) is 8.27. The highest BCUT2D eigenvalue weighted by atomic mass is 32.2. The van der Waals surface area contributed by atoms with Gasteiger partial charge in [0.25, 0.3) is 0 Å². The Kier molecular flexibility index (Phi) is 5.33. The first-order chi connectivity index (χ1) is 11.5. The van der Waals surface area contributed by atoms with Crippen LogP contribution >= 0.6 is 0 Å². The van der Waals surface area contributed by atoms with E-state index in [4.69, 9.17) is 0 Å². The van der Waals surface area contributed by atoms with Gasteiger partial charge in [0.2, 0.25) is 10.0 Å². The van der Waals surface area contributed by atoms with E-state index in [0.29, 0.717) is 19.0 Å². The van der Waals surface area contributed by atoms with Crippen LogP contribution in [0.25, 0.3) is 0 Å². The molecule has 2 N–H and O–H groups in total. The zero-order chi connectivity index (χ0) is 17.0. The van der Waals surface area contributed by atoms with Gasteiger partial charge in [-0.05, 0) is 30.9 Å². The van der Waals surface area contributed by atoms with Crippen molar-refractivity contribution in [3.8, 4) is 0 Å². The maximum atomic E-state index is 11.6. The summed E-state index contributed by atoms with van der Waals surface area (Å²) in [5.41, 5.74) is 1.17. The molecule has 7 heteroatoms. The first-order valence-corrected chi connectivity index (χ1v) is 10.1. The predicted molar refractivity (Wildman–Crippen MR) is 94.0 cm³/mol. The Morgan fingerprint density at radius 1 is 1.29 bits per heavy atom. The minimum atomic E-state index is -3.06. The molecule has 0 radical (unpaired) electrons. The van der Waals surface area contributed by atoms with Crippen LogP contribution in [0.5, 0.6) is 0 Å². The topological polar surface area (TPSA) is 78.1 Å². The van der Waals surface area contributed by atoms with Crippen molar-refractivity contribution in [2.75, 3.05) is 25.9 Å². The lowest BCUT2D eigenvalue weighted by Gasteiger charge is -2.31. The molecule has 1 aromatic carbocycles. The van der Waals surface area contributed by atoms with E-state index in [9.17, 15) is 8.42 Å². The Balaban J connectivity index is 1.61. The molecule has 0 unspecified atom stereocenters. The zero-order valence-corrected chi connectivity index (χ0v) is 14.7. The van der Waals surface area contributed by atoms with Crippen LogP contribution in [0, 0.1) is 5.92 Å². The van der Waals surface area contributed by atoms with Crippen LogP contribution in [0.4, 0.5) is 0 Å². The number of hydrogen-bond acceptors (Lipinski definition) is 4. The largest absolute Gasteiger partial charge is 0.347 e. The predicted octanol–water partition coefficient (Wildman–Crippen LogP) is 1.76. The van der Waals surface area contributed by atoms with Gasteiger partial charge in [-0.15, -0.1) is 0 Å². The summed E-state index contributed by atoms with van der Waals surface area (Å²) < 4.78 is 24.8. The van der Waals surface area contributed by atoms with E-state index < -0.39 is 10.0 Å². The summed E-state index contributed by atoms with van der Waals surface area (Å²) in [7, 11) is -3.06. The number of benzene rings is 1. The Bertz CT molecular complexity index is 723. The highest BCUT2D eigenvalue weighted by Crippen LogP contribution is 2.22. The normalized spacial score (nSPS) is 18.5. The molecular weight excluding hydrogens is 324 g/mol. The fourth-order valence-electron chi connectivity index (χ4n) is 3.18. The molecule has 6 nitrogen and oxygen atoms in total. The third-order valence-electron chi connectivity index (χ3n) is 4.58. The molecule has 0 saturated carbocycles. The number of aromatic amines is 1. The second-order valence-electron chi connectivity index (χ2n) is 6.33. The minimum absolute atomic E-state index is 0.0223. The molecule has 130 valence electrons. The number of rotatable bonds is 6. The highest BCUT2D eigenvalue weighted by molar-refractivity contribution is 7.88. The smallest absolute Gasteiger partial charge is 0.211 e. The summed E-state index contributed by atoms with van der Waals surface area (Å²) in [6, 6.07) is 10.3. The van der Waals surface area contributed by atoms with Crippen molar-refractivity contribution in [2.45, 2.75) is 18.9 Å². The third kappa shape index (κ3) is 4.23. The van der Waals surface area contributed by atoms with E-state index in [2.05, 4.69) is 27.4 Å². The number of aromatic nitrogens is 2. The maximum Gasteiger partial charge on any atom is 0.211 e. The van der Waals surface area contributed by atoms with E-state index in [0.717, 1.165) is 25.2 Å². The number of piperidine rings is 1. The Morgan fingerprint density at radius 3 is 2.58 bits per heavy atom. The Morgan fingerprint density at radius 2 is 2.00 bits per heavy atom. The molecule has 2 heterocycles. The molecule has 0 amide bonds. The summed E-state index contributed by atoms with van der Waals surface area (Å²) >= 11 is 0. The van der Waals surface area contributed by atoms with Crippen molar-refractivity contribution < 1.29 is 8.42 Å². The maximum absolute atomic E-state index is 11.6. The van der Waals surface area contributed by atoms with Crippen LogP contribution in [0.1, 0.15) is 30.3 Å². The molecule has 0 spiro atoms. The quantitative estimate of drug-likeness (QED) is 0.834. The van der Waals surface area contributed by atoms with Gasteiger partial charge in [0.1, 0.15) is 5.82 Å². The number of sulfonamides is 1. The summed E-state index contributed by atoms with van der Waals surface area (Å²) in [6.45, 7) is 2.07. The van der Waals surface area contributed by atoms with Crippen molar-refractivity contribution in [3.63, 3.8) is 0 Å². The van der Waals surface area contributed by atoms with Crippen LogP contribution < -0.4 is 5.32 Å². The average Bonchev–Trinajstić information content (AvgIpc) is 3.10. The van der Waals surface area contributed by atoms with Crippen molar-refractivity contribution in [1.29, 1.82) is 0 Å². The molecule has 24 heavy (non-hydrogen) atoms. The minimum Gasteiger partial charge on any atom is -0.347 e. The first kappa shape index (κ1) is 17.1. The Labute approximate surface area is 143 Å². The van der Waals surface area contributed by atoms with E-state index in [1.54, 1.807) is 10.5 Å². The van der Waals surface area contributed by atoms with Gasteiger partial charge in [0, 0.05) is 25.5 Å². The molecule has 1 saturated heterocycles. The SMILES string of the molecule is CS(=O)(=O)N1CCC(CN[C@H](c2ccccc2)c2ncc[nH]2)CC1. The molecule has 3 rings (SSSR count). The van der Waals surface area contributed by atoms with Crippen molar-refractivity contribution in [3.05, 3.63) is 54.1 Å². The van der Waals surface area contributed by atoms with Crippen LogP contribution in [-0.2, 0) is 10.0 Å². The summed E-state index contributed by atoms with van der Waals surface area (Å²) in [6.07, 6.45) is 6.66. The molecule has 1 aliphatic rings. The van der Waals surface area contributed by atoms with Gasteiger partial charge < -0.3 is 10.3 Å². The molecule has 1 fully saturated rings. The fourth-order valence-corrected chi connectivity index (χ4v) is 4.06. The molecule has 0 bridgehead atoms. The number of nitrogens with zero attached hydrogens (tertiary/aromatic N) is 2. The standard InChI is InChI=1S/C17H24N4O2S/c1-24(22,23)21-11-7-14(8-12-21)13-20-16(17-18-9-10-19-17)15-5-3-2-4-6-15/h2-6,9-10,14,16,20H,7-8,11-13H2,1H3,(H,18,19)/t16-/m1/s1. The summed E-state index contributed by atoms with van der Waals surface area (Å²) in [5, 5.41) is 3.60. The van der Waals surface area contributed by atoms with Gasteiger partial charge in [-0.25, -0.2) is 17.7 Å². The number of imidazole rings is 1. The fraction of sp³-hybridized carbons (Fsp3) is 0.471. The number of nitrogens with one attached hydrogen (secondary N) is 2. The molecule has 0 aliphatic carbocycles. The van der Waals surface area contributed by atoms with Gasteiger partial charge >= 0.3 is 0 Å². The lowest BCUT2D eigenvalue weighted by Crippen LogP contribution is -2.40. The molecule has 2 aromatic rings. The van der Waals surface area contributed by atoms with Crippen LogP contribution in [0.2, 0.25) is 0 Å². The second-order valence-corrected chi connectivity index (χ2v) is 8.31. The molecule has 1 aliphatic heterocycles. The van der Waals surface area contributed by atoms with E-state index >= 15 is 0 Å². The van der Waals surface area contributed by atoms with Gasteiger partial charge in [-0.1, -0.05) is 30.3 Å². The van der Waals surface area contributed by atoms with Crippen LogP contribution in [0.15, 0.2) is 42.7 Å². The van der Waals surface area contributed by atoms with Gasteiger partial charge in [-0.2, -0.15) is 0 Å². The molecular formula is C17H24N4O2S. The molecule has 1 aromatic heterocycles. The van der Waals surface area contributed by atoms with Gasteiger partial charge in [-0.3, -0.25) is 0 Å². The Hall–Kier alpha value is -1.70. The van der Waals surface area contributed by atoms with Crippen LogP contribution in [0.3, 0.4) is 0 Å². The van der Waals surface area contributed by atoms with Crippen molar-refractivity contribution in [1.82, 2.24) is 19.6 Å². The van der Waals surface area contributed by atoms with Crippen molar-refractivity contribution >= 4 is 10.0 Å². The second kappa shape index (κ2) is 7.46. The highest BCUT2D eigenvalue weighted by Gasteiger charge is 2.26. The van der Waals surface area contributed by atoms with Crippen LogP contribution in [-0.4, -0.2) is 48.6 Å². The van der Waals surface area contributed by atoms with E-state index in [-0.39, 0.29) is 6.04 Å². The lowest BCUT2D eigenvalue weighted by atomic mass is 9.97. The monoisotopic (exact) mass is 348 g/mol.